The highest BCUT2D eigenvalue weighted by Crippen LogP contribution is 2.19. The maximum atomic E-state index is 11.7. The zero-order valence-electron chi connectivity index (χ0n) is 11.7. The molecule has 3 N–H and O–H groups in total. The van der Waals surface area contributed by atoms with Crippen LogP contribution in [0.5, 0.6) is 5.75 Å². The molecule has 0 fully saturated rings. The minimum atomic E-state index is -0.236. The van der Waals surface area contributed by atoms with E-state index in [1.54, 1.807) is 14.2 Å². The molecule has 0 saturated carbocycles. The maximum Gasteiger partial charge on any atom is 0.222 e. The summed E-state index contributed by atoms with van der Waals surface area (Å²) in [5, 5.41) is 2.84. The largest absolute Gasteiger partial charge is 0.496 e. The summed E-state index contributed by atoms with van der Waals surface area (Å²) < 4.78 is 10.4. The van der Waals surface area contributed by atoms with Crippen molar-refractivity contribution in [1.29, 1.82) is 0 Å². The SMILES string of the molecule is COc1cc(C)ccc1CNC(=O)CC(CN)OC. The third-order valence-corrected chi connectivity index (χ3v) is 2.93. The Morgan fingerprint density at radius 3 is 2.74 bits per heavy atom. The van der Waals surface area contributed by atoms with E-state index >= 15 is 0 Å². The Hall–Kier alpha value is -1.59. The Morgan fingerprint density at radius 2 is 2.16 bits per heavy atom. The number of aryl methyl sites for hydroxylation is 1. The van der Waals surface area contributed by atoms with Crippen LogP contribution in [-0.2, 0) is 16.1 Å². The van der Waals surface area contributed by atoms with E-state index in [0.29, 0.717) is 13.1 Å². The molecular formula is C14H22N2O3. The van der Waals surface area contributed by atoms with Gasteiger partial charge in [-0.25, -0.2) is 0 Å². The van der Waals surface area contributed by atoms with Gasteiger partial charge < -0.3 is 20.5 Å². The van der Waals surface area contributed by atoms with E-state index in [1.165, 1.54) is 0 Å². The van der Waals surface area contributed by atoms with Gasteiger partial charge in [0.1, 0.15) is 5.75 Å². The predicted molar refractivity (Wildman–Crippen MR) is 74.0 cm³/mol. The Morgan fingerprint density at radius 1 is 1.42 bits per heavy atom. The van der Waals surface area contributed by atoms with Gasteiger partial charge in [-0.3, -0.25) is 4.79 Å². The van der Waals surface area contributed by atoms with Crippen molar-refractivity contribution in [3.8, 4) is 5.75 Å². The van der Waals surface area contributed by atoms with E-state index in [9.17, 15) is 4.79 Å². The van der Waals surface area contributed by atoms with E-state index in [4.69, 9.17) is 15.2 Å². The third kappa shape index (κ3) is 4.89. The lowest BCUT2D eigenvalue weighted by Crippen LogP contribution is -2.32. The van der Waals surface area contributed by atoms with Gasteiger partial charge in [-0.15, -0.1) is 0 Å². The fourth-order valence-electron chi connectivity index (χ4n) is 1.73. The molecule has 5 heteroatoms. The number of hydrogen-bond donors (Lipinski definition) is 2. The van der Waals surface area contributed by atoms with Gasteiger partial charge >= 0.3 is 0 Å². The van der Waals surface area contributed by atoms with Crippen molar-refractivity contribution >= 4 is 5.91 Å². The van der Waals surface area contributed by atoms with Crippen molar-refractivity contribution in [2.75, 3.05) is 20.8 Å². The lowest BCUT2D eigenvalue weighted by molar-refractivity contribution is -0.123. The lowest BCUT2D eigenvalue weighted by Gasteiger charge is -2.14. The summed E-state index contributed by atoms with van der Waals surface area (Å²) >= 11 is 0. The molecule has 0 aromatic heterocycles. The van der Waals surface area contributed by atoms with Gasteiger partial charge in [0.25, 0.3) is 0 Å². The molecule has 0 spiro atoms. The third-order valence-electron chi connectivity index (χ3n) is 2.93. The van der Waals surface area contributed by atoms with E-state index in [0.717, 1.165) is 16.9 Å². The van der Waals surface area contributed by atoms with E-state index in [-0.39, 0.29) is 18.4 Å². The van der Waals surface area contributed by atoms with Crippen molar-refractivity contribution in [1.82, 2.24) is 5.32 Å². The van der Waals surface area contributed by atoms with Crippen molar-refractivity contribution in [3.63, 3.8) is 0 Å². The average molecular weight is 266 g/mol. The van der Waals surface area contributed by atoms with Crippen LogP contribution in [0, 0.1) is 6.92 Å². The Kier molecular flexibility index (Phi) is 6.32. The van der Waals surface area contributed by atoms with Crippen LogP contribution in [0.1, 0.15) is 17.5 Å². The molecule has 1 rings (SSSR count). The molecule has 1 aromatic carbocycles. The normalized spacial score (nSPS) is 12.0. The van der Waals surface area contributed by atoms with Gasteiger partial charge in [0, 0.05) is 25.8 Å². The van der Waals surface area contributed by atoms with Gasteiger partial charge in [0.05, 0.1) is 19.6 Å². The van der Waals surface area contributed by atoms with Crippen molar-refractivity contribution in [2.45, 2.75) is 26.0 Å². The average Bonchev–Trinajstić information content (AvgIpc) is 2.43. The zero-order chi connectivity index (χ0) is 14.3. The summed E-state index contributed by atoms with van der Waals surface area (Å²) in [6.45, 7) is 2.76. The van der Waals surface area contributed by atoms with Crippen molar-refractivity contribution in [2.24, 2.45) is 5.73 Å². The standard InChI is InChI=1S/C14H22N2O3/c1-10-4-5-11(13(6-10)19-3)9-16-14(17)7-12(8-15)18-2/h4-6,12H,7-9,15H2,1-3H3,(H,16,17). The highest BCUT2D eigenvalue weighted by molar-refractivity contribution is 5.76. The molecule has 0 heterocycles. The van der Waals surface area contributed by atoms with Crippen LogP contribution in [0.25, 0.3) is 0 Å². The quantitative estimate of drug-likeness (QED) is 0.771. The number of nitrogens with two attached hydrogens (primary N) is 1. The topological polar surface area (TPSA) is 73.6 Å². The molecule has 0 radical (unpaired) electrons. The number of nitrogens with one attached hydrogen (secondary N) is 1. The molecule has 1 atom stereocenters. The second-order valence-electron chi connectivity index (χ2n) is 4.39. The summed E-state index contributed by atoms with van der Waals surface area (Å²) in [4.78, 5) is 11.7. The second-order valence-corrected chi connectivity index (χ2v) is 4.39. The first-order valence-electron chi connectivity index (χ1n) is 6.23. The van der Waals surface area contributed by atoms with Crippen LogP contribution < -0.4 is 15.8 Å². The smallest absolute Gasteiger partial charge is 0.222 e. The number of carbonyl (C=O) groups is 1. The van der Waals surface area contributed by atoms with Crippen LogP contribution >= 0.6 is 0 Å². The first-order valence-corrected chi connectivity index (χ1v) is 6.23. The Labute approximate surface area is 114 Å². The van der Waals surface area contributed by atoms with E-state index < -0.39 is 0 Å². The van der Waals surface area contributed by atoms with Crippen LogP contribution in [0.3, 0.4) is 0 Å². The number of amides is 1. The van der Waals surface area contributed by atoms with Crippen LogP contribution in [0.4, 0.5) is 0 Å². The predicted octanol–water partition coefficient (Wildman–Crippen LogP) is 0.984. The van der Waals surface area contributed by atoms with Gasteiger partial charge in [0.2, 0.25) is 5.91 Å². The van der Waals surface area contributed by atoms with Crippen LogP contribution in [-0.4, -0.2) is 32.8 Å². The van der Waals surface area contributed by atoms with Crippen LogP contribution in [0.15, 0.2) is 18.2 Å². The summed E-state index contributed by atoms with van der Waals surface area (Å²) in [7, 11) is 3.17. The summed E-state index contributed by atoms with van der Waals surface area (Å²) in [5.41, 5.74) is 7.54. The Bertz CT molecular complexity index is 417. The molecule has 0 aliphatic rings. The first-order chi connectivity index (χ1) is 9.10. The van der Waals surface area contributed by atoms with Crippen molar-refractivity contribution in [3.05, 3.63) is 29.3 Å². The van der Waals surface area contributed by atoms with Crippen LogP contribution in [0.2, 0.25) is 0 Å². The van der Waals surface area contributed by atoms with Gasteiger partial charge in [-0.05, 0) is 18.6 Å². The molecular weight excluding hydrogens is 244 g/mol. The van der Waals surface area contributed by atoms with E-state index in [2.05, 4.69) is 5.32 Å². The first kappa shape index (κ1) is 15.5. The number of benzene rings is 1. The number of carbonyl (C=O) groups excluding carboxylic acids is 1. The van der Waals surface area contributed by atoms with Crippen molar-refractivity contribution < 1.29 is 14.3 Å². The van der Waals surface area contributed by atoms with Gasteiger partial charge in [-0.2, -0.15) is 0 Å². The number of rotatable bonds is 7. The summed E-state index contributed by atoms with van der Waals surface area (Å²) in [6.07, 6.45) is 0.0289. The molecule has 0 aliphatic carbocycles. The number of methoxy groups -OCH3 is 2. The zero-order valence-corrected chi connectivity index (χ0v) is 11.7. The lowest BCUT2D eigenvalue weighted by atomic mass is 10.1. The van der Waals surface area contributed by atoms with E-state index in [1.807, 2.05) is 25.1 Å². The molecule has 1 amide bonds. The minimum absolute atomic E-state index is 0.0834. The highest BCUT2D eigenvalue weighted by Gasteiger charge is 2.12. The maximum absolute atomic E-state index is 11.7. The molecule has 106 valence electrons. The highest BCUT2D eigenvalue weighted by atomic mass is 16.5. The minimum Gasteiger partial charge on any atom is -0.496 e. The molecule has 1 aromatic rings. The summed E-state index contributed by atoms with van der Waals surface area (Å²) in [5.74, 6) is 0.697. The Balaban J connectivity index is 2.54. The molecule has 0 aliphatic heterocycles. The molecule has 5 nitrogen and oxygen atoms in total. The molecule has 1 unspecified atom stereocenters. The monoisotopic (exact) mass is 266 g/mol. The number of hydrogen-bond acceptors (Lipinski definition) is 4. The molecule has 0 bridgehead atoms. The fourth-order valence-corrected chi connectivity index (χ4v) is 1.73. The van der Waals surface area contributed by atoms with Gasteiger partial charge in [0.15, 0.2) is 0 Å². The van der Waals surface area contributed by atoms with Gasteiger partial charge in [-0.1, -0.05) is 12.1 Å². The second kappa shape index (κ2) is 7.76. The molecule has 19 heavy (non-hydrogen) atoms. The molecule has 0 saturated heterocycles. The number of ether oxygens (including phenoxy) is 2. The summed E-state index contributed by atoms with van der Waals surface area (Å²) in [6, 6.07) is 5.88. The fraction of sp³-hybridized carbons (Fsp3) is 0.500.